The third-order valence-electron chi connectivity index (χ3n) is 11.8. The summed E-state index contributed by atoms with van der Waals surface area (Å²) in [6.45, 7) is 12.8. The molecule has 0 aromatic carbocycles. The van der Waals surface area contributed by atoms with Gasteiger partial charge in [-0.3, -0.25) is 0 Å². The zero-order chi connectivity index (χ0) is 24.8. The molecular weight excluding hydrogens is 432 g/mol. The first kappa shape index (κ1) is 26.2. The predicted molar refractivity (Wildman–Crippen MR) is 143 cm³/mol. The Balaban J connectivity index is 1.27. The summed E-state index contributed by atoms with van der Waals surface area (Å²) in [5.41, 5.74) is 1.85. The van der Waals surface area contributed by atoms with Gasteiger partial charge in [0.05, 0.1) is 11.7 Å². The van der Waals surface area contributed by atoms with E-state index in [1.54, 1.807) is 5.57 Å². The lowest BCUT2D eigenvalue weighted by atomic mass is 9.46. The summed E-state index contributed by atoms with van der Waals surface area (Å²) < 4.78 is 12.4. The lowest BCUT2D eigenvalue weighted by Gasteiger charge is -2.59. The third-order valence-corrected chi connectivity index (χ3v) is 11.8. The normalized spacial score (nSPS) is 45.3. The minimum atomic E-state index is -0.513. The van der Waals surface area contributed by atoms with Crippen LogP contribution in [0.25, 0.3) is 0 Å². The summed E-state index contributed by atoms with van der Waals surface area (Å²) in [4.78, 5) is 0. The fourth-order valence-electron chi connectivity index (χ4n) is 9.84. The molecule has 5 unspecified atom stereocenters. The summed E-state index contributed by atoms with van der Waals surface area (Å²) in [6, 6.07) is 0. The van der Waals surface area contributed by atoms with Crippen LogP contribution in [-0.2, 0) is 9.47 Å². The highest BCUT2D eigenvalue weighted by molar-refractivity contribution is 5.25. The molecule has 0 aromatic heterocycles. The second-order valence-electron chi connectivity index (χ2n) is 14.4. The summed E-state index contributed by atoms with van der Waals surface area (Å²) in [5, 5.41) is 11.7. The molecule has 0 bridgehead atoms. The van der Waals surface area contributed by atoms with Gasteiger partial charge in [-0.1, -0.05) is 52.2 Å². The molecule has 0 spiro atoms. The van der Waals surface area contributed by atoms with Crippen molar-refractivity contribution < 1.29 is 14.6 Å². The van der Waals surface area contributed by atoms with E-state index in [0.717, 1.165) is 56.0 Å². The lowest BCUT2D eigenvalue weighted by Crippen LogP contribution is -2.53. The summed E-state index contributed by atoms with van der Waals surface area (Å²) in [7, 11) is 0. The van der Waals surface area contributed by atoms with Crippen molar-refractivity contribution in [2.75, 3.05) is 6.61 Å². The first-order valence-corrected chi connectivity index (χ1v) is 15.3. The lowest BCUT2D eigenvalue weighted by molar-refractivity contribution is -0.195. The molecule has 1 aliphatic heterocycles. The Morgan fingerprint density at radius 2 is 1.91 bits per heavy atom. The molecular formula is C32H54O3. The molecule has 0 aromatic rings. The monoisotopic (exact) mass is 486 g/mol. The summed E-state index contributed by atoms with van der Waals surface area (Å²) >= 11 is 0. The van der Waals surface area contributed by atoms with Crippen molar-refractivity contribution in [3.63, 3.8) is 0 Å². The van der Waals surface area contributed by atoms with E-state index in [0.29, 0.717) is 22.9 Å². The van der Waals surface area contributed by atoms with E-state index in [-0.39, 0.29) is 6.29 Å². The van der Waals surface area contributed by atoms with Crippen molar-refractivity contribution in [3.8, 4) is 0 Å². The smallest absolute Gasteiger partial charge is 0.157 e. The Labute approximate surface area is 215 Å². The van der Waals surface area contributed by atoms with Crippen LogP contribution in [0.3, 0.4) is 0 Å². The molecule has 5 aliphatic rings. The molecule has 200 valence electrons. The molecule has 5 rings (SSSR count). The van der Waals surface area contributed by atoms with E-state index in [9.17, 15) is 5.11 Å². The van der Waals surface area contributed by atoms with Crippen LogP contribution in [0, 0.1) is 40.4 Å². The van der Waals surface area contributed by atoms with E-state index >= 15 is 0 Å². The number of hydrogen-bond acceptors (Lipinski definition) is 3. The van der Waals surface area contributed by atoms with E-state index in [1.165, 1.54) is 64.2 Å². The van der Waals surface area contributed by atoms with Crippen molar-refractivity contribution >= 4 is 0 Å². The Bertz CT molecular complexity index is 765. The maximum Gasteiger partial charge on any atom is 0.157 e. The molecule has 9 atom stereocenters. The Hall–Kier alpha value is -0.380. The van der Waals surface area contributed by atoms with Crippen LogP contribution in [0.2, 0.25) is 0 Å². The SMILES string of the molecule is CC(C)CCCC(C)(O)[C@H]1CCC2C3CC=C4C[C@@H](OC5CCCCO5)CC[C@]4(C)C3CC[C@@]21C. The van der Waals surface area contributed by atoms with Gasteiger partial charge in [0.15, 0.2) is 6.29 Å². The van der Waals surface area contributed by atoms with Crippen LogP contribution < -0.4 is 0 Å². The highest BCUT2D eigenvalue weighted by Gasteiger charge is 2.61. The van der Waals surface area contributed by atoms with Gasteiger partial charge in [-0.25, -0.2) is 0 Å². The van der Waals surface area contributed by atoms with Crippen molar-refractivity contribution in [3.05, 3.63) is 11.6 Å². The Morgan fingerprint density at radius 3 is 2.66 bits per heavy atom. The highest BCUT2D eigenvalue weighted by Crippen LogP contribution is 2.67. The standard InChI is InChI=1S/C32H54O3/c1-22(2)9-8-17-32(5,33)28-14-13-26-25-12-11-23-21-24(35-29-10-6-7-20-34-29)15-18-30(23,3)27(25)16-19-31(26,28)4/h11,22,24-29,33H,6-10,12-21H2,1-5H3/t24-,25?,26?,27?,28-,29?,30-,31-,32?/m0/s1. The van der Waals surface area contributed by atoms with Crippen LogP contribution in [-0.4, -0.2) is 29.7 Å². The van der Waals surface area contributed by atoms with Crippen LogP contribution >= 0.6 is 0 Å². The zero-order valence-corrected chi connectivity index (χ0v) is 23.5. The van der Waals surface area contributed by atoms with Crippen molar-refractivity contribution in [2.45, 2.75) is 143 Å². The average Bonchev–Trinajstić information content (AvgIpc) is 3.18. The van der Waals surface area contributed by atoms with Gasteiger partial charge in [-0.2, -0.15) is 0 Å². The molecule has 4 fully saturated rings. The second-order valence-corrected chi connectivity index (χ2v) is 14.4. The van der Waals surface area contributed by atoms with Gasteiger partial charge in [0.25, 0.3) is 0 Å². The number of ether oxygens (including phenoxy) is 2. The van der Waals surface area contributed by atoms with Crippen LogP contribution in [0.5, 0.6) is 0 Å². The van der Waals surface area contributed by atoms with Crippen LogP contribution in [0.4, 0.5) is 0 Å². The van der Waals surface area contributed by atoms with Gasteiger partial charge in [0.2, 0.25) is 0 Å². The molecule has 4 aliphatic carbocycles. The fraction of sp³-hybridized carbons (Fsp3) is 0.938. The zero-order valence-electron chi connectivity index (χ0n) is 23.5. The average molecular weight is 487 g/mol. The molecule has 1 N–H and O–H groups in total. The third kappa shape index (κ3) is 4.92. The molecule has 0 radical (unpaired) electrons. The number of aliphatic hydroxyl groups is 1. The largest absolute Gasteiger partial charge is 0.390 e. The highest BCUT2D eigenvalue weighted by atomic mass is 16.7. The van der Waals surface area contributed by atoms with Crippen molar-refractivity contribution in [1.82, 2.24) is 0 Å². The van der Waals surface area contributed by atoms with Gasteiger partial charge in [-0.15, -0.1) is 0 Å². The van der Waals surface area contributed by atoms with Gasteiger partial charge in [0.1, 0.15) is 0 Å². The van der Waals surface area contributed by atoms with E-state index in [1.807, 2.05) is 0 Å². The molecule has 1 heterocycles. The first-order valence-electron chi connectivity index (χ1n) is 15.3. The summed E-state index contributed by atoms with van der Waals surface area (Å²) in [5.74, 6) is 3.59. The molecule has 35 heavy (non-hydrogen) atoms. The van der Waals surface area contributed by atoms with Gasteiger partial charge >= 0.3 is 0 Å². The number of hydrogen-bond donors (Lipinski definition) is 1. The van der Waals surface area contributed by atoms with Crippen LogP contribution in [0.15, 0.2) is 11.6 Å². The molecule has 3 nitrogen and oxygen atoms in total. The molecule has 1 saturated heterocycles. The number of fused-ring (bicyclic) bond motifs is 5. The predicted octanol–water partition coefficient (Wildman–Crippen LogP) is 8.05. The topological polar surface area (TPSA) is 38.7 Å². The minimum absolute atomic E-state index is 0.0363. The molecule has 3 heteroatoms. The van der Waals surface area contributed by atoms with Crippen LogP contribution in [0.1, 0.15) is 125 Å². The van der Waals surface area contributed by atoms with E-state index in [2.05, 4.69) is 40.7 Å². The molecule has 3 saturated carbocycles. The minimum Gasteiger partial charge on any atom is -0.390 e. The van der Waals surface area contributed by atoms with E-state index in [4.69, 9.17) is 9.47 Å². The fourth-order valence-corrected chi connectivity index (χ4v) is 9.84. The van der Waals surface area contributed by atoms with Gasteiger partial charge in [0, 0.05) is 6.61 Å². The Kier molecular flexibility index (Phi) is 7.54. The summed E-state index contributed by atoms with van der Waals surface area (Å²) in [6.07, 6.45) is 19.9. The maximum atomic E-state index is 11.7. The van der Waals surface area contributed by atoms with Gasteiger partial charge < -0.3 is 14.6 Å². The number of rotatable bonds is 7. The quantitative estimate of drug-likeness (QED) is 0.370. The van der Waals surface area contributed by atoms with Gasteiger partial charge in [-0.05, 0) is 124 Å². The first-order chi connectivity index (χ1) is 16.6. The maximum absolute atomic E-state index is 11.7. The Morgan fingerprint density at radius 1 is 1.09 bits per heavy atom. The van der Waals surface area contributed by atoms with Crippen molar-refractivity contribution in [2.24, 2.45) is 40.4 Å². The van der Waals surface area contributed by atoms with Crippen molar-refractivity contribution in [1.29, 1.82) is 0 Å². The number of allylic oxidation sites excluding steroid dienone is 1. The molecule has 0 amide bonds. The second kappa shape index (κ2) is 10.1. The van der Waals surface area contributed by atoms with E-state index < -0.39 is 5.60 Å².